The van der Waals surface area contributed by atoms with Crippen molar-refractivity contribution in [2.45, 2.75) is 6.92 Å². The summed E-state index contributed by atoms with van der Waals surface area (Å²) >= 11 is 1.07. The molecule has 0 fully saturated rings. The van der Waals surface area contributed by atoms with E-state index < -0.39 is 17.3 Å². The molecule has 0 saturated carbocycles. The number of hydrogen-bond donors (Lipinski definition) is 2. The van der Waals surface area contributed by atoms with Gasteiger partial charge in [-0.15, -0.1) is 11.3 Å². The molecule has 0 aliphatic carbocycles. The van der Waals surface area contributed by atoms with Crippen molar-refractivity contribution in [2.75, 3.05) is 19.0 Å². The summed E-state index contributed by atoms with van der Waals surface area (Å²) in [4.78, 5) is 43.5. The monoisotopic (exact) mass is 373 g/mol. The van der Waals surface area contributed by atoms with Gasteiger partial charge < -0.3 is 14.5 Å². The van der Waals surface area contributed by atoms with Crippen LogP contribution in [-0.4, -0.2) is 35.6 Å². The second-order valence-corrected chi connectivity index (χ2v) is 5.98. The SMILES string of the molecule is CCOC(=O)c1csc(NC(=O)c2c[nH]c3c(OC)cccc3c2=O)n1. The summed E-state index contributed by atoms with van der Waals surface area (Å²) in [5.74, 6) is -0.689. The number of carbonyl (C=O) groups is 2. The second kappa shape index (κ2) is 7.36. The summed E-state index contributed by atoms with van der Waals surface area (Å²) < 4.78 is 10.0. The number of ether oxygens (including phenoxy) is 2. The molecule has 0 saturated heterocycles. The standard InChI is InChI=1S/C17H15N3O5S/c1-3-25-16(23)11-8-26-17(19-11)20-15(22)10-7-18-13-9(14(10)21)5-4-6-12(13)24-2/h4-8H,3H2,1-2H3,(H,18,21)(H,19,20,22). The predicted octanol–water partition coefficient (Wildman–Crippen LogP) is 2.42. The Morgan fingerprint density at radius 2 is 2.15 bits per heavy atom. The number of aromatic amines is 1. The van der Waals surface area contributed by atoms with Crippen LogP contribution < -0.4 is 15.5 Å². The molecule has 0 spiro atoms. The predicted molar refractivity (Wildman–Crippen MR) is 97.1 cm³/mol. The summed E-state index contributed by atoms with van der Waals surface area (Å²) in [6, 6.07) is 4.99. The van der Waals surface area contributed by atoms with Crippen LogP contribution in [-0.2, 0) is 4.74 Å². The number of nitrogens with one attached hydrogen (secondary N) is 2. The van der Waals surface area contributed by atoms with Crippen molar-refractivity contribution < 1.29 is 19.1 Å². The molecule has 2 aromatic heterocycles. The van der Waals surface area contributed by atoms with Crippen LogP contribution >= 0.6 is 11.3 Å². The maximum atomic E-state index is 12.6. The quantitative estimate of drug-likeness (QED) is 0.665. The molecule has 3 aromatic rings. The van der Waals surface area contributed by atoms with Gasteiger partial charge in [-0.2, -0.15) is 0 Å². The molecule has 2 N–H and O–H groups in total. The highest BCUT2D eigenvalue weighted by atomic mass is 32.1. The molecular weight excluding hydrogens is 358 g/mol. The Balaban J connectivity index is 1.88. The molecule has 0 radical (unpaired) electrons. The molecule has 0 unspecified atom stereocenters. The zero-order chi connectivity index (χ0) is 18.7. The fourth-order valence-electron chi connectivity index (χ4n) is 2.36. The van der Waals surface area contributed by atoms with E-state index in [-0.39, 0.29) is 23.0 Å². The summed E-state index contributed by atoms with van der Waals surface area (Å²) in [7, 11) is 1.50. The molecule has 9 heteroatoms. The first-order valence-electron chi connectivity index (χ1n) is 7.67. The van der Waals surface area contributed by atoms with Crippen molar-refractivity contribution in [3.05, 3.63) is 51.3 Å². The van der Waals surface area contributed by atoms with Gasteiger partial charge in [0.25, 0.3) is 5.91 Å². The van der Waals surface area contributed by atoms with Crippen LogP contribution in [0, 0.1) is 0 Å². The largest absolute Gasteiger partial charge is 0.495 e. The second-order valence-electron chi connectivity index (χ2n) is 5.13. The number of aromatic nitrogens is 2. The fourth-order valence-corrected chi connectivity index (χ4v) is 3.03. The number of nitrogens with zero attached hydrogens (tertiary/aromatic N) is 1. The van der Waals surface area contributed by atoms with Gasteiger partial charge in [-0.3, -0.25) is 14.9 Å². The number of carbonyl (C=O) groups excluding carboxylic acids is 2. The Morgan fingerprint density at radius 1 is 1.35 bits per heavy atom. The first-order chi connectivity index (χ1) is 12.5. The van der Waals surface area contributed by atoms with E-state index in [1.165, 1.54) is 18.7 Å². The Bertz CT molecular complexity index is 1040. The number of methoxy groups -OCH3 is 1. The van der Waals surface area contributed by atoms with Gasteiger partial charge in [0.05, 0.1) is 24.6 Å². The van der Waals surface area contributed by atoms with Gasteiger partial charge in [0.2, 0.25) is 5.43 Å². The van der Waals surface area contributed by atoms with Gasteiger partial charge in [0, 0.05) is 11.6 Å². The van der Waals surface area contributed by atoms with Crippen molar-refractivity contribution in [2.24, 2.45) is 0 Å². The number of amides is 1. The molecule has 0 atom stereocenters. The number of esters is 1. The van der Waals surface area contributed by atoms with Crippen LogP contribution in [0.2, 0.25) is 0 Å². The number of hydrogen-bond acceptors (Lipinski definition) is 7. The van der Waals surface area contributed by atoms with Crippen molar-refractivity contribution in [3.8, 4) is 5.75 Å². The van der Waals surface area contributed by atoms with E-state index in [2.05, 4.69) is 15.3 Å². The number of pyridine rings is 1. The van der Waals surface area contributed by atoms with Crippen LogP contribution in [0.5, 0.6) is 5.75 Å². The third-order valence-electron chi connectivity index (χ3n) is 3.55. The lowest BCUT2D eigenvalue weighted by Crippen LogP contribution is -2.22. The van der Waals surface area contributed by atoms with Crippen LogP contribution in [0.25, 0.3) is 10.9 Å². The number of H-pyrrole nitrogens is 1. The summed E-state index contributed by atoms with van der Waals surface area (Å²) in [5, 5.41) is 4.53. The van der Waals surface area contributed by atoms with E-state index in [9.17, 15) is 14.4 Å². The molecule has 134 valence electrons. The Morgan fingerprint density at radius 3 is 2.88 bits per heavy atom. The van der Waals surface area contributed by atoms with Crippen molar-refractivity contribution in [1.82, 2.24) is 9.97 Å². The highest BCUT2D eigenvalue weighted by Crippen LogP contribution is 2.21. The Hall–Kier alpha value is -3.20. The maximum Gasteiger partial charge on any atom is 0.357 e. The van der Waals surface area contributed by atoms with E-state index in [0.717, 1.165) is 11.3 Å². The number of benzene rings is 1. The number of thiazole rings is 1. The molecule has 0 bridgehead atoms. The number of rotatable bonds is 5. The lowest BCUT2D eigenvalue weighted by molar-refractivity contribution is 0.0520. The Labute approximate surface area is 151 Å². The maximum absolute atomic E-state index is 12.6. The Kier molecular flexibility index (Phi) is 4.99. The van der Waals surface area contributed by atoms with Crippen LogP contribution in [0.15, 0.2) is 34.6 Å². The van der Waals surface area contributed by atoms with E-state index in [0.29, 0.717) is 16.7 Å². The summed E-state index contributed by atoms with van der Waals surface area (Å²) in [6.45, 7) is 1.92. The summed E-state index contributed by atoms with van der Waals surface area (Å²) in [5.41, 5.74) is 0.107. The smallest absolute Gasteiger partial charge is 0.357 e. The molecule has 26 heavy (non-hydrogen) atoms. The van der Waals surface area contributed by atoms with Gasteiger partial charge in [-0.05, 0) is 19.1 Å². The molecule has 0 aliphatic rings. The third kappa shape index (κ3) is 3.29. The average molecular weight is 373 g/mol. The highest BCUT2D eigenvalue weighted by Gasteiger charge is 2.17. The first-order valence-corrected chi connectivity index (χ1v) is 8.55. The van der Waals surface area contributed by atoms with Crippen LogP contribution in [0.4, 0.5) is 5.13 Å². The van der Waals surface area contributed by atoms with E-state index >= 15 is 0 Å². The van der Waals surface area contributed by atoms with E-state index in [1.807, 2.05) is 0 Å². The third-order valence-corrected chi connectivity index (χ3v) is 4.31. The summed E-state index contributed by atoms with van der Waals surface area (Å²) in [6.07, 6.45) is 1.32. The number of para-hydroxylation sites is 1. The minimum Gasteiger partial charge on any atom is -0.495 e. The van der Waals surface area contributed by atoms with Crippen molar-refractivity contribution >= 4 is 39.2 Å². The molecular formula is C17H15N3O5S. The minimum absolute atomic E-state index is 0.0707. The molecule has 1 amide bonds. The molecule has 1 aromatic carbocycles. The highest BCUT2D eigenvalue weighted by molar-refractivity contribution is 7.14. The topological polar surface area (TPSA) is 110 Å². The van der Waals surface area contributed by atoms with Gasteiger partial charge >= 0.3 is 5.97 Å². The molecule has 0 aliphatic heterocycles. The number of fused-ring (bicyclic) bond motifs is 1. The number of anilines is 1. The van der Waals surface area contributed by atoms with E-state index in [4.69, 9.17) is 9.47 Å². The van der Waals surface area contributed by atoms with Crippen molar-refractivity contribution in [1.29, 1.82) is 0 Å². The van der Waals surface area contributed by atoms with Crippen LogP contribution in [0.1, 0.15) is 27.8 Å². The molecule has 2 heterocycles. The van der Waals surface area contributed by atoms with Gasteiger partial charge in [0.1, 0.15) is 11.3 Å². The molecule has 3 rings (SSSR count). The minimum atomic E-state index is -0.624. The van der Waals surface area contributed by atoms with Gasteiger partial charge in [-0.1, -0.05) is 6.07 Å². The van der Waals surface area contributed by atoms with Crippen molar-refractivity contribution in [3.63, 3.8) is 0 Å². The van der Waals surface area contributed by atoms with E-state index in [1.54, 1.807) is 25.1 Å². The lowest BCUT2D eigenvalue weighted by atomic mass is 10.1. The normalized spacial score (nSPS) is 10.5. The zero-order valence-electron chi connectivity index (χ0n) is 14.0. The lowest BCUT2D eigenvalue weighted by Gasteiger charge is -2.07. The van der Waals surface area contributed by atoms with Gasteiger partial charge in [0.15, 0.2) is 10.8 Å². The van der Waals surface area contributed by atoms with Gasteiger partial charge in [-0.25, -0.2) is 9.78 Å². The fraction of sp³-hybridized carbons (Fsp3) is 0.176. The van der Waals surface area contributed by atoms with Crippen LogP contribution in [0.3, 0.4) is 0 Å². The zero-order valence-corrected chi connectivity index (χ0v) is 14.8. The average Bonchev–Trinajstić information content (AvgIpc) is 3.10. The first kappa shape index (κ1) is 17.6. The molecule has 8 nitrogen and oxygen atoms in total.